The monoisotopic (exact) mass is 316 g/mol. The largest absolute Gasteiger partial charge is 0.370 e. The Morgan fingerprint density at radius 1 is 1.05 bits per heavy atom. The molecule has 116 valence electrons. The highest BCUT2D eigenvalue weighted by Crippen LogP contribution is 2.58. The van der Waals surface area contributed by atoms with Gasteiger partial charge in [-0.3, -0.25) is 4.67 Å². The summed E-state index contributed by atoms with van der Waals surface area (Å²) < 4.78 is 22.7. The van der Waals surface area contributed by atoms with E-state index in [-0.39, 0.29) is 5.92 Å². The van der Waals surface area contributed by atoms with Crippen LogP contribution < -0.4 is 4.67 Å². The molecule has 0 amide bonds. The van der Waals surface area contributed by atoms with Gasteiger partial charge >= 0.3 is 7.67 Å². The Hall–Kier alpha value is -1.61. The van der Waals surface area contributed by atoms with E-state index in [0.29, 0.717) is 13.2 Å². The van der Waals surface area contributed by atoms with Gasteiger partial charge in [-0.25, -0.2) is 9.24 Å². The van der Waals surface area contributed by atoms with Gasteiger partial charge in [-0.2, -0.15) is 0 Å². The van der Waals surface area contributed by atoms with Gasteiger partial charge in [0.15, 0.2) is 0 Å². The summed E-state index contributed by atoms with van der Waals surface area (Å²) in [5, 5.41) is 0. The Morgan fingerprint density at radius 3 is 2.23 bits per heavy atom. The molecular formula is C17H21N2O2P. The first-order valence-electron chi connectivity index (χ1n) is 7.41. The van der Waals surface area contributed by atoms with Gasteiger partial charge in [0.2, 0.25) is 0 Å². The fourth-order valence-corrected chi connectivity index (χ4v) is 4.74. The van der Waals surface area contributed by atoms with Crippen LogP contribution in [-0.4, -0.2) is 31.9 Å². The Bertz CT molecular complexity index is 661. The molecule has 2 atom stereocenters. The third-order valence-corrected chi connectivity index (χ3v) is 6.47. The molecule has 1 aliphatic heterocycles. The van der Waals surface area contributed by atoms with Crippen LogP contribution in [-0.2, 0) is 9.09 Å². The van der Waals surface area contributed by atoms with Gasteiger partial charge in [-0.05, 0) is 31.8 Å². The highest BCUT2D eigenvalue weighted by Gasteiger charge is 2.41. The number of hydrogen-bond acceptors (Lipinski definition) is 2. The molecule has 0 spiro atoms. The van der Waals surface area contributed by atoms with Gasteiger partial charge in [0, 0.05) is 18.2 Å². The van der Waals surface area contributed by atoms with Gasteiger partial charge in [0.05, 0.1) is 6.61 Å². The van der Waals surface area contributed by atoms with Crippen LogP contribution in [0.3, 0.4) is 0 Å². The zero-order chi connectivity index (χ0) is 15.6. The SMILES string of the molecule is CN(C)[P@@]1(=O)OC[C@@H](c2ccccc2)CN1c1ccccc1. The van der Waals surface area contributed by atoms with Crippen molar-refractivity contribution in [2.24, 2.45) is 0 Å². The molecule has 22 heavy (non-hydrogen) atoms. The second-order valence-electron chi connectivity index (χ2n) is 5.66. The van der Waals surface area contributed by atoms with E-state index in [0.717, 1.165) is 5.69 Å². The molecule has 0 bridgehead atoms. The smallest absolute Gasteiger partial charge is 0.301 e. The fraction of sp³-hybridized carbons (Fsp3) is 0.294. The molecule has 3 rings (SSSR count). The third-order valence-electron chi connectivity index (χ3n) is 3.97. The maximum atomic E-state index is 13.3. The molecule has 2 aromatic carbocycles. The Morgan fingerprint density at radius 2 is 1.64 bits per heavy atom. The van der Waals surface area contributed by atoms with Crippen molar-refractivity contribution in [1.29, 1.82) is 0 Å². The molecule has 0 radical (unpaired) electrons. The molecule has 1 fully saturated rings. The van der Waals surface area contributed by atoms with Crippen LogP contribution in [0.5, 0.6) is 0 Å². The number of nitrogens with zero attached hydrogens (tertiary/aromatic N) is 2. The third kappa shape index (κ3) is 2.82. The zero-order valence-electron chi connectivity index (χ0n) is 12.9. The first kappa shape index (κ1) is 15.3. The normalized spacial score (nSPS) is 25.4. The van der Waals surface area contributed by atoms with E-state index in [4.69, 9.17) is 4.52 Å². The van der Waals surface area contributed by atoms with Crippen LogP contribution in [0.1, 0.15) is 11.5 Å². The van der Waals surface area contributed by atoms with Crippen LogP contribution >= 0.6 is 7.67 Å². The molecule has 4 nitrogen and oxygen atoms in total. The topological polar surface area (TPSA) is 32.8 Å². The fourth-order valence-electron chi connectivity index (χ4n) is 2.73. The number of anilines is 1. The molecule has 5 heteroatoms. The minimum atomic E-state index is -3.01. The molecule has 0 unspecified atom stereocenters. The predicted octanol–water partition coefficient (Wildman–Crippen LogP) is 3.98. The maximum absolute atomic E-state index is 13.3. The van der Waals surface area contributed by atoms with Crippen LogP contribution in [0.2, 0.25) is 0 Å². The predicted molar refractivity (Wildman–Crippen MR) is 90.2 cm³/mol. The number of benzene rings is 2. The van der Waals surface area contributed by atoms with E-state index >= 15 is 0 Å². The second kappa shape index (κ2) is 6.25. The lowest BCUT2D eigenvalue weighted by atomic mass is 10.00. The van der Waals surface area contributed by atoms with Crippen LogP contribution in [0.15, 0.2) is 60.7 Å². The first-order valence-corrected chi connectivity index (χ1v) is 8.94. The molecule has 1 saturated heterocycles. The molecule has 0 aromatic heterocycles. The summed E-state index contributed by atoms with van der Waals surface area (Å²) in [5.74, 6) is 0.212. The molecule has 0 N–H and O–H groups in total. The molecule has 1 heterocycles. The van der Waals surface area contributed by atoms with Crippen molar-refractivity contribution in [3.8, 4) is 0 Å². The lowest BCUT2D eigenvalue weighted by molar-refractivity contribution is 0.238. The van der Waals surface area contributed by atoms with E-state index in [1.165, 1.54) is 5.56 Å². The average molecular weight is 316 g/mol. The lowest BCUT2D eigenvalue weighted by Crippen LogP contribution is -2.38. The summed E-state index contributed by atoms with van der Waals surface area (Å²) in [6, 6.07) is 20.1. The highest BCUT2D eigenvalue weighted by atomic mass is 31.2. The van der Waals surface area contributed by atoms with Gasteiger partial charge in [-0.15, -0.1) is 0 Å². The second-order valence-corrected chi connectivity index (χ2v) is 8.18. The number of rotatable bonds is 3. The van der Waals surface area contributed by atoms with E-state index in [2.05, 4.69) is 12.1 Å². The van der Waals surface area contributed by atoms with Gasteiger partial charge in [0.25, 0.3) is 0 Å². The van der Waals surface area contributed by atoms with E-state index in [9.17, 15) is 4.57 Å². The van der Waals surface area contributed by atoms with E-state index < -0.39 is 7.67 Å². The van der Waals surface area contributed by atoms with Crippen LogP contribution in [0.25, 0.3) is 0 Å². The summed E-state index contributed by atoms with van der Waals surface area (Å²) in [4.78, 5) is 0. The Kier molecular flexibility index (Phi) is 4.34. The van der Waals surface area contributed by atoms with Gasteiger partial charge in [-0.1, -0.05) is 48.5 Å². The Labute approximate surface area is 131 Å². The van der Waals surface area contributed by atoms with E-state index in [1.54, 1.807) is 18.8 Å². The van der Waals surface area contributed by atoms with Crippen LogP contribution in [0, 0.1) is 0 Å². The summed E-state index contributed by atoms with van der Waals surface area (Å²) >= 11 is 0. The molecule has 2 aromatic rings. The van der Waals surface area contributed by atoms with Crippen molar-refractivity contribution < 1.29 is 9.09 Å². The van der Waals surface area contributed by atoms with Crippen molar-refractivity contribution in [1.82, 2.24) is 4.67 Å². The highest BCUT2D eigenvalue weighted by molar-refractivity contribution is 7.58. The quantitative estimate of drug-likeness (QED) is 0.802. The van der Waals surface area contributed by atoms with Crippen molar-refractivity contribution in [2.75, 3.05) is 31.9 Å². The minimum absolute atomic E-state index is 0.212. The van der Waals surface area contributed by atoms with Crippen molar-refractivity contribution in [3.63, 3.8) is 0 Å². The summed E-state index contributed by atoms with van der Waals surface area (Å²) in [6.45, 7) is 1.16. The zero-order valence-corrected chi connectivity index (χ0v) is 13.8. The van der Waals surface area contributed by atoms with E-state index in [1.807, 2.05) is 53.2 Å². The molecule has 0 saturated carbocycles. The average Bonchev–Trinajstić information content (AvgIpc) is 2.57. The first-order chi connectivity index (χ1) is 10.6. The number of hydrogen-bond donors (Lipinski definition) is 0. The Balaban J connectivity index is 1.95. The van der Waals surface area contributed by atoms with Gasteiger partial charge < -0.3 is 4.52 Å². The molecule has 0 aliphatic carbocycles. The summed E-state index contributed by atoms with van der Waals surface area (Å²) in [6.07, 6.45) is 0. The lowest BCUT2D eigenvalue weighted by Gasteiger charge is -2.42. The van der Waals surface area contributed by atoms with Crippen LogP contribution in [0.4, 0.5) is 5.69 Å². The maximum Gasteiger partial charge on any atom is 0.370 e. The summed E-state index contributed by atoms with van der Waals surface area (Å²) in [5.41, 5.74) is 2.15. The standard InChI is InChI=1S/C17H21N2O2P/c1-18(2)22(20)19(17-11-7-4-8-12-17)13-16(14-21-22)15-9-5-3-6-10-15/h3-12,16H,13-14H2,1-2H3/t16-,22+/m0/s1. The molecule has 1 aliphatic rings. The minimum Gasteiger partial charge on any atom is -0.301 e. The van der Waals surface area contributed by atoms with Crippen molar-refractivity contribution >= 4 is 13.4 Å². The number of para-hydroxylation sites is 1. The summed E-state index contributed by atoms with van der Waals surface area (Å²) in [7, 11) is 0.602. The van der Waals surface area contributed by atoms with Crippen molar-refractivity contribution in [3.05, 3.63) is 66.2 Å². The van der Waals surface area contributed by atoms with Gasteiger partial charge in [0.1, 0.15) is 0 Å². The van der Waals surface area contributed by atoms with Crippen molar-refractivity contribution in [2.45, 2.75) is 5.92 Å². The molecular weight excluding hydrogens is 295 g/mol.